The lowest BCUT2D eigenvalue weighted by atomic mass is 9.99. The van der Waals surface area contributed by atoms with Gasteiger partial charge in [-0.25, -0.2) is 0 Å². The summed E-state index contributed by atoms with van der Waals surface area (Å²) < 4.78 is 0. The van der Waals surface area contributed by atoms with Gasteiger partial charge in [-0.2, -0.15) is 0 Å². The summed E-state index contributed by atoms with van der Waals surface area (Å²) >= 11 is 0. The largest absolute Gasteiger partial charge is 0.360 e. The molecule has 16 heavy (non-hydrogen) atoms. The van der Waals surface area contributed by atoms with Crippen LogP contribution in [0.15, 0.2) is 24.4 Å². The van der Waals surface area contributed by atoms with Crippen molar-refractivity contribution in [1.82, 2.24) is 9.97 Å². The number of pyridine rings is 1. The Labute approximate surface area is 97.1 Å². The van der Waals surface area contributed by atoms with Gasteiger partial charge in [0.15, 0.2) is 0 Å². The molecule has 0 amide bonds. The van der Waals surface area contributed by atoms with Crippen LogP contribution in [0.5, 0.6) is 0 Å². The summed E-state index contributed by atoms with van der Waals surface area (Å²) in [6.07, 6.45) is 6.97. The van der Waals surface area contributed by atoms with Gasteiger partial charge in [-0.15, -0.1) is 0 Å². The Morgan fingerprint density at radius 3 is 3.00 bits per heavy atom. The molecule has 2 heteroatoms. The Morgan fingerprint density at radius 1 is 1.31 bits per heavy atom. The van der Waals surface area contributed by atoms with Gasteiger partial charge >= 0.3 is 0 Å². The van der Waals surface area contributed by atoms with Gasteiger partial charge in [0.1, 0.15) is 0 Å². The monoisotopic (exact) mass is 216 g/mol. The van der Waals surface area contributed by atoms with E-state index >= 15 is 0 Å². The van der Waals surface area contributed by atoms with Gasteiger partial charge in [-0.1, -0.05) is 33.1 Å². The molecule has 1 N–H and O–H groups in total. The molecule has 0 aliphatic carbocycles. The Morgan fingerprint density at radius 2 is 2.19 bits per heavy atom. The third-order valence-electron chi connectivity index (χ3n) is 3.07. The van der Waals surface area contributed by atoms with Crippen LogP contribution < -0.4 is 0 Å². The van der Waals surface area contributed by atoms with Crippen LogP contribution in [-0.4, -0.2) is 9.97 Å². The lowest BCUT2D eigenvalue weighted by molar-refractivity contribution is 0.499. The normalized spacial score (nSPS) is 13.1. The maximum atomic E-state index is 4.65. The number of unbranched alkanes of at least 4 members (excludes halogenated alkanes) is 1. The molecule has 2 heterocycles. The molecule has 0 saturated carbocycles. The highest BCUT2D eigenvalue weighted by molar-refractivity contribution is 5.74. The second-order valence-corrected chi connectivity index (χ2v) is 4.66. The zero-order valence-corrected chi connectivity index (χ0v) is 10.2. The van der Waals surface area contributed by atoms with Crippen LogP contribution in [-0.2, 0) is 6.42 Å². The molecular formula is C14H20N2. The summed E-state index contributed by atoms with van der Waals surface area (Å²) in [5.41, 5.74) is 3.43. The molecule has 1 unspecified atom stereocenters. The van der Waals surface area contributed by atoms with Crippen molar-refractivity contribution in [2.75, 3.05) is 0 Å². The van der Waals surface area contributed by atoms with E-state index in [0.29, 0.717) is 0 Å². The van der Waals surface area contributed by atoms with Crippen LogP contribution in [0.3, 0.4) is 0 Å². The predicted octanol–water partition coefficient (Wildman–Crippen LogP) is 3.93. The first-order chi connectivity index (χ1) is 7.79. The molecule has 0 aliphatic rings. The highest BCUT2D eigenvalue weighted by Crippen LogP contribution is 2.16. The van der Waals surface area contributed by atoms with Crippen molar-refractivity contribution in [3.8, 4) is 0 Å². The Hall–Kier alpha value is -1.31. The minimum Gasteiger partial charge on any atom is -0.360 e. The first-order valence-electron chi connectivity index (χ1n) is 6.22. The van der Waals surface area contributed by atoms with E-state index in [0.717, 1.165) is 23.4 Å². The number of hydrogen-bond acceptors (Lipinski definition) is 1. The molecule has 2 rings (SSSR count). The van der Waals surface area contributed by atoms with Crippen molar-refractivity contribution >= 4 is 11.0 Å². The van der Waals surface area contributed by atoms with Crippen LogP contribution in [0.2, 0.25) is 0 Å². The molecule has 0 radical (unpaired) electrons. The molecular weight excluding hydrogens is 196 g/mol. The van der Waals surface area contributed by atoms with Crippen molar-refractivity contribution in [3.05, 3.63) is 30.1 Å². The summed E-state index contributed by atoms with van der Waals surface area (Å²) in [6.45, 7) is 4.56. The number of nitrogens with one attached hydrogen (secondary N) is 1. The van der Waals surface area contributed by atoms with Crippen LogP contribution in [0, 0.1) is 5.92 Å². The van der Waals surface area contributed by atoms with Crippen LogP contribution in [0.25, 0.3) is 11.0 Å². The number of rotatable bonds is 5. The first kappa shape index (κ1) is 11.2. The number of hydrogen-bond donors (Lipinski definition) is 1. The van der Waals surface area contributed by atoms with Gasteiger partial charge in [-0.05, 0) is 30.5 Å². The molecule has 0 aromatic carbocycles. The molecule has 1 atom stereocenters. The van der Waals surface area contributed by atoms with E-state index in [4.69, 9.17) is 0 Å². The SMILES string of the molecule is CCCCC(C)Cc1ccc2[nH]ccc2n1. The molecule has 0 spiro atoms. The average molecular weight is 216 g/mol. The van der Waals surface area contributed by atoms with E-state index in [1.807, 2.05) is 12.3 Å². The summed E-state index contributed by atoms with van der Waals surface area (Å²) in [4.78, 5) is 7.82. The molecule has 0 bridgehead atoms. The van der Waals surface area contributed by atoms with Gasteiger partial charge in [0.25, 0.3) is 0 Å². The fourth-order valence-electron chi connectivity index (χ4n) is 2.10. The molecule has 86 valence electrons. The topological polar surface area (TPSA) is 28.7 Å². The predicted molar refractivity (Wildman–Crippen MR) is 68.5 cm³/mol. The van der Waals surface area contributed by atoms with E-state index in [-0.39, 0.29) is 0 Å². The van der Waals surface area contributed by atoms with Gasteiger partial charge in [0, 0.05) is 11.9 Å². The molecule has 2 nitrogen and oxygen atoms in total. The van der Waals surface area contributed by atoms with E-state index in [1.54, 1.807) is 0 Å². The van der Waals surface area contributed by atoms with Crippen LogP contribution in [0.1, 0.15) is 38.8 Å². The Bertz CT molecular complexity index is 445. The zero-order valence-electron chi connectivity index (χ0n) is 10.2. The fraction of sp³-hybridized carbons (Fsp3) is 0.500. The van der Waals surface area contributed by atoms with E-state index in [2.05, 4.69) is 35.9 Å². The highest BCUT2D eigenvalue weighted by Gasteiger charge is 2.05. The minimum atomic E-state index is 0.740. The highest BCUT2D eigenvalue weighted by atomic mass is 14.8. The van der Waals surface area contributed by atoms with Gasteiger partial charge < -0.3 is 4.98 Å². The van der Waals surface area contributed by atoms with Crippen molar-refractivity contribution in [3.63, 3.8) is 0 Å². The van der Waals surface area contributed by atoms with Crippen molar-refractivity contribution in [2.45, 2.75) is 39.5 Å². The van der Waals surface area contributed by atoms with Gasteiger partial charge in [0.05, 0.1) is 11.0 Å². The Balaban J connectivity index is 2.03. The number of fused-ring (bicyclic) bond motifs is 1. The number of H-pyrrole nitrogens is 1. The lowest BCUT2D eigenvalue weighted by Gasteiger charge is -2.09. The van der Waals surface area contributed by atoms with E-state index in [9.17, 15) is 0 Å². The van der Waals surface area contributed by atoms with E-state index < -0.39 is 0 Å². The molecule has 2 aromatic heterocycles. The summed E-state index contributed by atoms with van der Waals surface area (Å²) in [7, 11) is 0. The molecule has 2 aromatic rings. The van der Waals surface area contributed by atoms with Gasteiger partial charge in [-0.3, -0.25) is 4.98 Å². The summed E-state index contributed by atoms with van der Waals surface area (Å²) in [6, 6.07) is 6.31. The third kappa shape index (κ3) is 2.63. The van der Waals surface area contributed by atoms with Crippen molar-refractivity contribution in [1.29, 1.82) is 0 Å². The quantitative estimate of drug-likeness (QED) is 0.806. The minimum absolute atomic E-state index is 0.740. The smallest absolute Gasteiger partial charge is 0.0882 e. The van der Waals surface area contributed by atoms with Crippen LogP contribution >= 0.6 is 0 Å². The third-order valence-corrected chi connectivity index (χ3v) is 3.07. The zero-order chi connectivity index (χ0) is 11.4. The summed E-state index contributed by atoms with van der Waals surface area (Å²) in [5, 5.41) is 0. The Kier molecular flexibility index (Phi) is 3.60. The maximum absolute atomic E-state index is 4.65. The van der Waals surface area contributed by atoms with Crippen molar-refractivity contribution < 1.29 is 0 Å². The number of aromatic nitrogens is 2. The molecule has 0 aliphatic heterocycles. The fourth-order valence-corrected chi connectivity index (χ4v) is 2.10. The van der Waals surface area contributed by atoms with Crippen molar-refractivity contribution in [2.24, 2.45) is 5.92 Å². The molecule has 0 saturated heterocycles. The second-order valence-electron chi connectivity index (χ2n) is 4.66. The first-order valence-corrected chi connectivity index (χ1v) is 6.22. The average Bonchev–Trinajstić information content (AvgIpc) is 2.73. The number of aromatic amines is 1. The standard InChI is InChI=1S/C14H20N2/c1-3-4-5-11(2)10-12-6-7-13-14(16-12)8-9-15-13/h6-9,11,15H,3-5,10H2,1-2H3. The number of nitrogens with zero attached hydrogens (tertiary/aromatic N) is 1. The lowest BCUT2D eigenvalue weighted by Crippen LogP contribution is -2.01. The van der Waals surface area contributed by atoms with Gasteiger partial charge in [0.2, 0.25) is 0 Å². The molecule has 0 fully saturated rings. The second kappa shape index (κ2) is 5.15. The summed E-state index contributed by atoms with van der Waals surface area (Å²) in [5.74, 6) is 0.740. The van der Waals surface area contributed by atoms with Crippen LogP contribution in [0.4, 0.5) is 0 Å². The maximum Gasteiger partial charge on any atom is 0.0882 e. The van der Waals surface area contributed by atoms with E-state index in [1.165, 1.54) is 25.0 Å².